The summed E-state index contributed by atoms with van der Waals surface area (Å²) in [7, 11) is 6.51. The number of primary amides is 1. The van der Waals surface area contributed by atoms with Crippen LogP contribution in [0.3, 0.4) is 0 Å². The highest BCUT2D eigenvalue weighted by molar-refractivity contribution is 6.80. The zero-order chi connectivity index (χ0) is 78.2. The number of halogens is 4. The van der Waals surface area contributed by atoms with Gasteiger partial charge in [0.25, 0.3) is 0 Å². The van der Waals surface area contributed by atoms with Gasteiger partial charge >= 0.3 is 34.9 Å². The van der Waals surface area contributed by atoms with Gasteiger partial charge in [0, 0.05) is 104 Å². The number of benzene rings is 6. The molecule has 3 N–H and O–H groups in total. The molecule has 0 bridgehead atoms. The molecule has 3 amide bonds. The second-order valence-corrected chi connectivity index (χ2v) is 25.8. The van der Waals surface area contributed by atoms with Crippen molar-refractivity contribution < 1.29 is 79.8 Å². The Morgan fingerprint density at radius 2 is 0.793 bits per heavy atom. The summed E-state index contributed by atoms with van der Waals surface area (Å²) >= 11 is 4.61. The number of methoxy groups -OCH3 is 5. The lowest BCUT2D eigenvalue weighted by atomic mass is 9.97. The van der Waals surface area contributed by atoms with Crippen LogP contribution in [0.15, 0.2) is 183 Å². The van der Waals surface area contributed by atoms with Crippen LogP contribution in [0, 0.1) is 17.5 Å². The minimum absolute atomic E-state index is 0.0633. The van der Waals surface area contributed by atoms with E-state index in [1.807, 2.05) is 82.1 Å². The van der Waals surface area contributed by atoms with Gasteiger partial charge in [-0.2, -0.15) is 13.2 Å². The number of ether oxygens (including phenoxy) is 8. The summed E-state index contributed by atoms with van der Waals surface area (Å²) in [4.78, 5) is 97.9. The molecule has 3 fully saturated rings. The van der Waals surface area contributed by atoms with E-state index >= 15 is 0 Å². The van der Waals surface area contributed by atoms with Crippen molar-refractivity contribution in [3.63, 3.8) is 0 Å². The lowest BCUT2D eigenvalue weighted by Crippen LogP contribution is -2.45. The van der Waals surface area contributed by atoms with E-state index in [4.69, 9.17) is 49.1 Å². The minimum atomic E-state index is -1.09. The van der Waals surface area contributed by atoms with Crippen molar-refractivity contribution in [3.05, 3.63) is 218 Å². The number of hydrogen-bond donors (Lipinski definition) is 2. The predicted molar refractivity (Wildman–Crippen MR) is 400 cm³/mol. The number of esters is 2. The molecular weight excluding hydrogens is 1460 g/mol. The molecular formula is C80H75ClF3N13O14. The third-order valence-electron chi connectivity index (χ3n) is 18.7. The van der Waals surface area contributed by atoms with Crippen molar-refractivity contribution in [2.45, 2.75) is 56.3 Å². The SMILES string of the molecule is COC(=O)C(=O)Cl.COC(=O)C(=O)N1CCC[C@@H](c2nc(-c3ccc(Oc4cccc(OC)c4F)cc3)c3cnccn23)C1.COc1cccc(Oc2ccc(-c3nc([C@@H]4CCCN(C(=O)C(N)=O)C4)n4ccncc34)cc2)c1F.COc1cccc(Oc2ccc(-c3nc([C@@H]4CCCNC4)n4ccncc34)cc2)c1F. The summed E-state index contributed by atoms with van der Waals surface area (Å²) in [6.45, 7) is 3.71. The molecule has 31 heteroatoms. The van der Waals surface area contributed by atoms with Crippen molar-refractivity contribution in [2.24, 2.45) is 5.73 Å². The van der Waals surface area contributed by atoms with Crippen LogP contribution >= 0.6 is 11.6 Å². The Balaban J connectivity index is 0.000000149. The number of imidazole rings is 3. The first kappa shape index (κ1) is 77.6. The summed E-state index contributed by atoms with van der Waals surface area (Å²) in [6, 6.07) is 36.1. The minimum Gasteiger partial charge on any atom is -0.494 e. The van der Waals surface area contributed by atoms with Crippen LogP contribution in [-0.2, 0) is 38.2 Å². The summed E-state index contributed by atoms with van der Waals surface area (Å²) in [5, 5.41) is 2.37. The van der Waals surface area contributed by atoms with Crippen LogP contribution in [0.2, 0.25) is 0 Å². The Hall–Kier alpha value is -13.0. The fraction of sp³-hybridized carbons (Fsp3) is 0.250. The molecule has 0 spiro atoms. The normalized spacial score (nSPS) is 15.3. The van der Waals surface area contributed by atoms with Crippen LogP contribution < -0.4 is 39.5 Å². The van der Waals surface area contributed by atoms with Crippen LogP contribution in [0.4, 0.5) is 13.2 Å². The zero-order valence-corrected chi connectivity index (χ0v) is 61.5. The molecule has 111 heavy (non-hydrogen) atoms. The molecule has 0 radical (unpaired) electrons. The van der Waals surface area contributed by atoms with Gasteiger partial charge in [0.15, 0.2) is 34.5 Å². The number of nitrogens with one attached hydrogen (secondary N) is 1. The van der Waals surface area contributed by atoms with Gasteiger partial charge in [-0.25, -0.2) is 24.5 Å². The average Bonchev–Trinajstić information content (AvgIpc) is 1.63. The summed E-state index contributed by atoms with van der Waals surface area (Å²) in [5.74, 6) is -0.907. The first-order chi connectivity index (χ1) is 53.9. The molecule has 3 saturated heterocycles. The largest absolute Gasteiger partial charge is 0.494 e. The number of nitrogens with two attached hydrogens (primary N) is 1. The van der Waals surface area contributed by atoms with Crippen LogP contribution in [0.1, 0.15) is 73.8 Å². The number of piperidine rings is 3. The zero-order valence-electron chi connectivity index (χ0n) is 60.8. The molecule has 6 aromatic carbocycles. The quantitative estimate of drug-likeness (QED) is 0.0516. The maximum absolute atomic E-state index is 14.5. The maximum Gasteiger partial charge on any atom is 0.396 e. The summed E-state index contributed by atoms with van der Waals surface area (Å²) < 4.78 is 90.1. The van der Waals surface area contributed by atoms with E-state index in [0.29, 0.717) is 49.3 Å². The third-order valence-corrected chi connectivity index (χ3v) is 18.8. The van der Waals surface area contributed by atoms with E-state index < -0.39 is 52.4 Å². The van der Waals surface area contributed by atoms with E-state index in [-0.39, 0.29) is 46.3 Å². The topological polar surface area (TPSA) is 311 Å². The van der Waals surface area contributed by atoms with Gasteiger partial charge in [0.2, 0.25) is 17.5 Å². The maximum atomic E-state index is 14.5. The number of likely N-dealkylation sites (tertiary alicyclic amines) is 2. The van der Waals surface area contributed by atoms with Gasteiger partial charge in [-0.1, -0.05) is 18.2 Å². The molecule has 0 saturated carbocycles. The Labute approximate surface area is 638 Å². The molecule has 0 unspecified atom stereocenters. The molecule has 3 aliphatic rings. The second kappa shape index (κ2) is 35.8. The molecule has 0 aliphatic carbocycles. The van der Waals surface area contributed by atoms with Crippen LogP contribution in [-0.4, -0.2) is 163 Å². The smallest absolute Gasteiger partial charge is 0.396 e. The van der Waals surface area contributed by atoms with Crippen LogP contribution in [0.25, 0.3) is 50.3 Å². The highest BCUT2D eigenvalue weighted by Crippen LogP contribution is 2.39. The van der Waals surface area contributed by atoms with Crippen molar-refractivity contribution >= 4 is 63.1 Å². The molecule has 572 valence electrons. The molecule has 9 heterocycles. The number of hydrogen-bond acceptors (Lipinski definition) is 21. The Kier molecular flexibility index (Phi) is 25.1. The second-order valence-electron chi connectivity index (χ2n) is 25.5. The highest BCUT2D eigenvalue weighted by Gasteiger charge is 2.34. The average molecular weight is 1540 g/mol. The van der Waals surface area contributed by atoms with Crippen molar-refractivity contribution in [1.82, 2.24) is 58.2 Å². The van der Waals surface area contributed by atoms with Gasteiger partial charge < -0.3 is 58.7 Å². The van der Waals surface area contributed by atoms with E-state index in [1.54, 1.807) is 85.6 Å². The summed E-state index contributed by atoms with van der Waals surface area (Å²) in [5.41, 5.74) is 12.7. The van der Waals surface area contributed by atoms with Gasteiger partial charge in [0.05, 0.1) is 87.8 Å². The number of amides is 3. The van der Waals surface area contributed by atoms with Crippen molar-refractivity contribution in [3.8, 4) is 85.5 Å². The monoisotopic (exact) mass is 1530 g/mol. The molecule has 6 aromatic heterocycles. The number of aromatic nitrogens is 9. The molecule has 12 aromatic rings. The fourth-order valence-electron chi connectivity index (χ4n) is 13.3. The van der Waals surface area contributed by atoms with Gasteiger partial charge in [0.1, 0.15) is 34.7 Å². The van der Waals surface area contributed by atoms with Crippen molar-refractivity contribution in [1.29, 1.82) is 0 Å². The predicted octanol–water partition coefficient (Wildman–Crippen LogP) is 12.5. The number of carbonyl (C=O) groups is 6. The number of carbonyl (C=O) groups excluding carboxylic acids is 6. The lowest BCUT2D eigenvalue weighted by molar-refractivity contribution is -0.158. The van der Waals surface area contributed by atoms with Gasteiger partial charge in [-0.15, -0.1) is 0 Å². The molecule has 3 aliphatic heterocycles. The summed E-state index contributed by atoms with van der Waals surface area (Å²) in [6.07, 6.45) is 21.5. The number of nitrogens with zero attached hydrogens (tertiary/aromatic N) is 11. The third kappa shape index (κ3) is 17.8. The molecule has 27 nitrogen and oxygen atoms in total. The Bertz CT molecular complexity index is 5350. The Morgan fingerprint density at radius 1 is 0.450 bits per heavy atom. The van der Waals surface area contributed by atoms with E-state index in [1.165, 1.54) is 62.5 Å². The molecule has 3 atom stereocenters. The number of rotatable bonds is 16. The fourth-order valence-corrected chi connectivity index (χ4v) is 13.3. The van der Waals surface area contributed by atoms with Gasteiger partial charge in [-0.3, -0.25) is 47.3 Å². The number of fused-ring (bicyclic) bond motifs is 3. The lowest BCUT2D eigenvalue weighted by Gasteiger charge is -2.31. The first-order valence-corrected chi connectivity index (χ1v) is 35.5. The van der Waals surface area contributed by atoms with E-state index in [2.05, 4.69) is 45.7 Å². The van der Waals surface area contributed by atoms with E-state index in [0.717, 1.165) is 127 Å². The standard InChI is InChI=1S/C27H25FN4O5.C26H24FN5O4.C24H23FN4O2.C3H3ClO3/c1-35-21-6-3-7-22(23(21)28)37-19-10-8-17(9-11-19)24-20-15-29-12-14-32(20)25(30-24)18-5-4-13-31(16-18)26(33)27(34)36-2;1-35-20-5-2-6-21(22(20)27)36-18-9-7-16(8-10-18)23-19-14-29-11-13-32(19)25(30-23)17-4-3-12-31(15-17)26(34)24(28)33;1-30-20-5-2-6-21(22(20)25)31-18-9-7-16(8-10-18)23-19-15-27-12-13-29(19)24(28-23)17-4-3-11-26-14-17;1-7-3(6)2(4)5/h3,6-12,14-15,18H,4-5,13,16H2,1-2H3;2,5-11,13-14,17H,3-4,12,15H2,1H3,(H2,28,33);2,5-10,12-13,15,17,26H,3-4,11,14H2,1H3;1H3/t18-;2*17-;/m111./s1. The molecule has 15 rings (SSSR count). The first-order valence-electron chi connectivity index (χ1n) is 35.1. The Morgan fingerprint density at radius 3 is 1.11 bits per heavy atom. The van der Waals surface area contributed by atoms with Crippen LogP contribution in [0.5, 0.6) is 51.7 Å². The van der Waals surface area contributed by atoms with Crippen molar-refractivity contribution in [2.75, 3.05) is 74.8 Å². The van der Waals surface area contributed by atoms with E-state index in [9.17, 15) is 41.9 Å². The highest BCUT2D eigenvalue weighted by atomic mass is 35.5. The van der Waals surface area contributed by atoms with Gasteiger partial charge in [-0.05, 0) is 166 Å².